The first-order valence-electron chi connectivity index (χ1n) is 21.7. The number of anilines is 1. The third kappa shape index (κ3) is 6.93. The number of hydrogen-bond acceptors (Lipinski definition) is 9. The molecule has 2 bridgehead atoms. The number of benzene rings is 3. The Morgan fingerprint density at radius 3 is 2.17 bits per heavy atom. The van der Waals surface area contributed by atoms with E-state index in [9.17, 15) is 29.2 Å². The quantitative estimate of drug-likeness (QED) is 0.266. The van der Waals surface area contributed by atoms with Crippen molar-refractivity contribution in [3.05, 3.63) is 93.5 Å². The van der Waals surface area contributed by atoms with Crippen molar-refractivity contribution in [2.24, 2.45) is 5.41 Å². The summed E-state index contributed by atoms with van der Waals surface area (Å²) in [5, 5.41) is 11.8. The van der Waals surface area contributed by atoms with Gasteiger partial charge in [-0.15, -0.1) is 0 Å². The summed E-state index contributed by atoms with van der Waals surface area (Å²) in [7, 11) is 0. The van der Waals surface area contributed by atoms with Crippen LogP contribution in [0.4, 0.5) is 5.69 Å². The number of ether oxygens (including phenoxy) is 1. The SMILES string of the molecule is N#Cc1ccc(OC2CC3CCC(C2)N3C(=O)c2ccc(N3CCN(C4CC5(CCC(c6ccc7c(c6)C(=O)N(C6CCC(=O)NC6=O)C7=O)CC5)C4)CC3)cc2)cc1Cl. The molecule has 2 aliphatic carbocycles. The van der Waals surface area contributed by atoms with Crippen LogP contribution in [0.1, 0.15) is 125 Å². The molecule has 3 aromatic rings. The van der Waals surface area contributed by atoms with E-state index >= 15 is 0 Å². The van der Waals surface area contributed by atoms with Gasteiger partial charge in [0.15, 0.2) is 0 Å². The molecule has 1 N–H and O–H groups in total. The summed E-state index contributed by atoms with van der Waals surface area (Å²) < 4.78 is 6.28. The number of nitriles is 1. The average molecular weight is 829 g/mol. The van der Waals surface area contributed by atoms with Gasteiger partial charge in [0.1, 0.15) is 24.0 Å². The van der Waals surface area contributed by atoms with Gasteiger partial charge in [-0.25, -0.2) is 0 Å². The van der Waals surface area contributed by atoms with E-state index in [4.69, 9.17) is 16.3 Å². The highest BCUT2D eigenvalue weighted by molar-refractivity contribution is 6.31. The summed E-state index contributed by atoms with van der Waals surface area (Å²) >= 11 is 6.23. The number of carbonyl (C=O) groups is 5. The maximum absolute atomic E-state index is 13.8. The van der Waals surface area contributed by atoms with E-state index in [1.54, 1.807) is 24.3 Å². The van der Waals surface area contributed by atoms with Gasteiger partial charge in [-0.1, -0.05) is 17.7 Å². The molecule has 6 fully saturated rings. The molecular formula is C47H49ClN6O6. The number of hydrogen-bond donors (Lipinski definition) is 1. The number of amides is 5. The molecule has 4 saturated heterocycles. The van der Waals surface area contributed by atoms with Gasteiger partial charge in [0.2, 0.25) is 11.8 Å². The Balaban J connectivity index is 0.681. The van der Waals surface area contributed by atoms with Crippen molar-refractivity contribution < 1.29 is 28.7 Å². The maximum atomic E-state index is 13.8. The summed E-state index contributed by atoms with van der Waals surface area (Å²) in [6.07, 6.45) is 10.7. The van der Waals surface area contributed by atoms with Crippen molar-refractivity contribution in [1.29, 1.82) is 5.26 Å². The molecule has 5 aliphatic heterocycles. The second-order valence-electron chi connectivity index (χ2n) is 18.2. The standard InChI is InChI=1S/C47H49ClN6O6/c48-40-24-36(9-3-31(40)27-49)60-37-22-33-7-8-34(23-37)53(33)44(57)29-1-5-32(6-2-29)51-17-19-52(20-18-51)35-25-47(26-35)15-13-28(14-16-47)30-4-10-38-39(21-30)46(59)54(45(38)58)41-11-12-42(55)50-43(41)56/h1-6,9-10,21,24,28,33-35,37,41H,7-8,11-20,22-23,25-26H2,(H,50,55,56). The molecule has 5 heterocycles. The van der Waals surface area contributed by atoms with Gasteiger partial charge in [0, 0.05) is 80.9 Å². The minimum atomic E-state index is -0.950. The lowest BCUT2D eigenvalue weighted by Crippen LogP contribution is -2.57. The van der Waals surface area contributed by atoms with Crippen LogP contribution >= 0.6 is 11.6 Å². The van der Waals surface area contributed by atoms with Crippen LogP contribution in [0.5, 0.6) is 5.75 Å². The lowest BCUT2D eigenvalue weighted by molar-refractivity contribution is -0.136. The molecule has 10 rings (SSSR count). The highest BCUT2D eigenvalue weighted by Crippen LogP contribution is 2.56. The number of nitrogens with one attached hydrogen (secondary N) is 1. The highest BCUT2D eigenvalue weighted by atomic mass is 35.5. The molecule has 310 valence electrons. The van der Waals surface area contributed by atoms with E-state index in [1.807, 2.05) is 24.3 Å². The van der Waals surface area contributed by atoms with Gasteiger partial charge in [0.25, 0.3) is 17.7 Å². The third-order valence-electron chi connectivity index (χ3n) is 14.9. The van der Waals surface area contributed by atoms with E-state index < -0.39 is 23.8 Å². The molecule has 7 aliphatic rings. The predicted octanol–water partition coefficient (Wildman–Crippen LogP) is 6.46. The summed E-state index contributed by atoms with van der Waals surface area (Å²) in [5.74, 6) is -0.769. The number of halogens is 1. The first-order chi connectivity index (χ1) is 29.1. The fourth-order valence-electron chi connectivity index (χ4n) is 11.6. The summed E-state index contributed by atoms with van der Waals surface area (Å²) in [4.78, 5) is 72.8. The van der Waals surface area contributed by atoms with Crippen molar-refractivity contribution in [2.45, 2.75) is 113 Å². The van der Waals surface area contributed by atoms with Crippen LogP contribution in [0.2, 0.25) is 5.02 Å². The molecular weight excluding hydrogens is 780 g/mol. The first kappa shape index (κ1) is 38.9. The van der Waals surface area contributed by atoms with Gasteiger partial charge >= 0.3 is 0 Å². The Bertz CT molecular complexity index is 2290. The van der Waals surface area contributed by atoms with Crippen molar-refractivity contribution >= 4 is 46.8 Å². The smallest absolute Gasteiger partial charge is 0.262 e. The summed E-state index contributed by atoms with van der Waals surface area (Å²) in [6, 6.07) is 21.0. The molecule has 0 aromatic heterocycles. The van der Waals surface area contributed by atoms with Crippen molar-refractivity contribution in [2.75, 3.05) is 31.1 Å². The Hall–Kier alpha value is -5.25. The zero-order valence-corrected chi connectivity index (χ0v) is 34.4. The number of piperidine rings is 2. The largest absolute Gasteiger partial charge is 0.490 e. The second kappa shape index (κ2) is 15.3. The summed E-state index contributed by atoms with van der Waals surface area (Å²) in [5.41, 5.74) is 4.50. The van der Waals surface area contributed by atoms with Crippen LogP contribution in [-0.2, 0) is 9.59 Å². The molecule has 3 aromatic carbocycles. The second-order valence-corrected chi connectivity index (χ2v) is 18.6. The molecule has 1 spiro atoms. The van der Waals surface area contributed by atoms with Gasteiger partial charge in [-0.2, -0.15) is 5.26 Å². The number of piperazine rings is 1. The predicted molar refractivity (Wildman–Crippen MR) is 223 cm³/mol. The van der Waals surface area contributed by atoms with Crippen LogP contribution in [-0.4, -0.2) is 101 Å². The molecule has 2 saturated carbocycles. The van der Waals surface area contributed by atoms with E-state index in [-0.39, 0.29) is 42.8 Å². The monoisotopic (exact) mass is 828 g/mol. The Kier molecular flexibility index (Phi) is 9.95. The van der Waals surface area contributed by atoms with Crippen LogP contribution < -0.4 is 15.0 Å². The fraction of sp³-hybridized carbons (Fsp3) is 0.489. The highest BCUT2D eigenvalue weighted by Gasteiger charge is 2.50. The topological polar surface area (TPSA) is 143 Å². The van der Waals surface area contributed by atoms with E-state index in [1.165, 1.54) is 12.8 Å². The van der Waals surface area contributed by atoms with E-state index in [0.29, 0.717) is 44.8 Å². The molecule has 3 unspecified atom stereocenters. The average Bonchev–Trinajstić information content (AvgIpc) is 3.66. The van der Waals surface area contributed by atoms with Crippen molar-refractivity contribution in [3.8, 4) is 11.8 Å². The van der Waals surface area contributed by atoms with Gasteiger partial charge in [-0.3, -0.25) is 39.1 Å². The fourth-order valence-corrected chi connectivity index (χ4v) is 11.8. The lowest BCUT2D eigenvalue weighted by Gasteiger charge is -2.56. The van der Waals surface area contributed by atoms with Gasteiger partial charge < -0.3 is 14.5 Å². The minimum Gasteiger partial charge on any atom is -0.490 e. The van der Waals surface area contributed by atoms with Gasteiger partial charge in [-0.05, 0) is 123 Å². The van der Waals surface area contributed by atoms with Gasteiger partial charge in [0.05, 0.1) is 21.7 Å². The molecule has 0 radical (unpaired) electrons. The van der Waals surface area contributed by atoms with Crippen LogP contribution in [0.15, 0.2) is 60.7 Å². The normalized spacial score (nSPS) is 30.2. The molecule has 13 heteroatoms. The van der Waals surface area contributed by atoms with Crippen LogP contribution in [0, 0.1) is 16.7 Å². The number of imide groups is 2. The van der Waals surface area contributed by atoms with Crippen molar-refractivity contribution in [1.82, 2.24) is 20.0 Å². The number of carbonyl (C=O) groups excluding carboxylic acids is 5. The number of rotatable bonds is 7. The Labute approximate surface area is 354 Å². The molecule has 3 atom stereocenters. The van der Waals surface area contributed by atoms with Crippen LogP contribution in [0.25, 0.3) is 0 Å². The Morgan fingerprint density at radius 1 is 0.800 bits per heavy atom. The first-order valence-corrected chi connectivity index (χ1v) is 22.1. The maximum Gasteiger partial charge on any atom is 0.262 e. The number of nitrogens with zero attached hydrogens (tertiary/aromatic N) is 5. The zero-order valence-electron chi connectivity index (χ0n) is 33.6. The third-order valence-corrected chi connectivity index (χ3v) is 15.2. The van der Waals surface area contributed by atoms with E-state index in [2.05, 4.69) is 38.2 Å². The van der Waals surface area contributed by atoms with E-state index in [0.717, 1.165) is 99.3 Å². The Morgan fingerprint density at radius 2 is 1.50 bits per heavy atom. The molecule has 5 amide bonds. The molecule has 60 heavy (non-hydrogen) atoms. The van der Waals surface area contributed by atoms with Crippen LogP contribution in [0.3, 0.4) is 0 Å². The lowest BCUT2D eigenvalue weighted by atomic mass is 9.56. The zero-order chi connectivity index (χ0) is 41.3. The summed E-state index contributed by atoms with van der Waals surface area (Å²) in [6.45, 7) is 3.97. The minimum absolute atomic E-state index is 0.00581. The van der Waals surface area contributed by atoms with Crippen molar-refractivity contribution in [3.63, 3.8) is 0 Å². The molecule has 12 nitrogen and oxygen atoms in total. The number of fused-ring (bicyclic) bond motifs is 3.